The molecule has 1 aromatic heterocycles. The Bertz CT molecular complexity index is 943. The van der Waals surface area contributed by atoms with Gasteiger partial charge in [0.1, 0.15) is 5.75 Å². The van der Waals surface area contributed by atoms with Crippen molar-refractivity contribution in [3.8, 4) is 28.3 Å². The maximum absolute atomic E-state index is 12.2. The number of aromatic nitrogens is 2. The van der Waals surface area contributed by atoms with Crippen LogP contribution in [0, 0.1) is 0 Å². The average molecular weight is 318 g/mol. The lowest BCUT2D eigenvalue weighted by Gasteiger charge is -2.13. The van der Waals surface area contributed by atoms with Crippen LogP contribution in [-0.4, -0.2) is 17.1 Å². The summed E-state index contributed by atoms with van der Waals surface area (Å²) in [5.74, 6) is 0.792. The smallest absolute Gasteiger partial charge is 0.345 e. The fourth-order valence-corrected chi connectivity index (χ4v) is 3.40. The van der Waals surface area contributed by atoms with E-state index in [1.165, 1.54) is 5.56 Å². The fraction of sp³-hybridized carbons (Fsp3) is 0.200. The predicted octanol–water partition coefficient (Wildman–Crippen LogP) is 3.60. The van der Waals surface area contributed by atoms with Gasteiger partial charge in [0, 0.05) is 16.7 Å². The second kappa shape index (κ2) is 5.96. The highest BCUT2D eigenvalue weighted by atomic mass is 16.5. The van der Waals surface area contributed by atoms with Crippen molar-refractivity contribution in [3.05, 3.63) is 70.1 Å². The highest BCUT2D eigenvalue weighted by Gasteiger charge is 2.20. The number of benzene rings is 2. The van der Waals surface area contributed by atoms with Gasteiger partial charge in [0.05, 0.1) is 18.5 Å². The van der Waals surface area contributed by atoms with Crippen molar-refractivity contribution in [1.29, 1.82) is 0 Å². The van der Waals surface area contributed by atoms with Crippen molar-refractivity contribution in [3.63, 3.8) is 0 Å². The molecule has 120 valence electrons. The van der Waals surface area contributed by atoms with Gasteiger partial charge in [-0.15, -0.1) is 0 Å². The standard InChI is InChI=1S/C20H18N2O2/c1-24-15-11-9-14(10-12-15)18-17-8-4-6-13-5-2-3-7-16(13)19(17)22-20(23)21-18/h2-3,5,7,9-12H,4,6,8H2,1H3,(H,21,22,23). The summed E-state index contributed by atoms with van der Waals surface area (Å²) in [5, 5.41) is 0. The first-order valence-electron chi connectivity index (χ1n) is 8.12. The van der Waals surface area contributed by atoms with Gasteiger partial charge < -0.3 is 9.72 Å². The summed E-state index contributed by atoms with van der Waals surface area (Å²) in [6, 6.07) is 16.0. The second-order valence-electron chi connectivity index (χ2n) is 5.98. The Morgan fingerprint density at radius 3 is 2.62 bits per heavy atom. The predicted molar refractivity (Wildman–Crippen MR) is 94.3 cm³/mol. The highest BCUT2D eigenvalue weighted by Crippen LogP contribution is 2.34. The summed E-state index contributed by atoms with van der Waals surface area (Å²) in [4.78, 5) is 19.4. The van der Waals surface area contributed by atoms with Gasteiger partial charge in [-0.3, -0.25) is 0 Å². The van der Waals surface area contributed by atoms with E-state index in [-0.39, 0.29) is 5.69 Å². The van der Waals surface area contributed by atoms with Gasteiger partial charge in [0.2, 0.25) is 0 Å². The number of hydrogen-bond acceptors (Lipinski definition) is 3. The quantitative estimate of drug-likeness (QED) is 0.785. The lowest BCUT2D eigenvalue weighted by Crippen LogP contribution is -2.15. The van der Waals surface area contributed by atoms with Gasteiger partial charge in [0.25, 0.3) is 0 Å². The summed E-state index contributed by atoms with van der Waals surface area (Å²) >= 11 is 0. The Morgan fingerprint density at radius 2 is 1.83 bits per heavy atom. The van der Waals surface area contributed by atoms with Crippen LogP contribution in [0.4, 0.5) is 0 Å². The van der Waals surface area contributed by atoms with Crippen molar-refractivity contribution in [2.45, 2.75) is 19.3 Å². The van der Waals surface area contributed by atoms with Crippen LogP contribution >= 0.6 is 0 Å². The lowest BCUT2D eigenvalue weighted by atomic mass is 9.98. The summed E-state index contributed by atoms with van der Waals surface area (Å²) in [6.07, 6.45) is 2.95. The molecule has 0 unspecified atom stereocenters. The third-order valence-electron chi connectivity index (χ3n) is 4.56. The van der Waals surface area contributed by atoms with Crippen molar-refractivity contribution >= 4 is 0 Å². The van der Waals surface area contributed by atoms with E-state index >= 15 is 0 Å². The van der Waals surface area contributed by atoms with Gasteiger partial charge in [-0.2, -0.15) is 4.98 Å². The van der Waals surface area contributed by atoms with E-state index in [0.29, 0.717) is 0 Å². The number of nitrogens with zero attached hydrogens (tertiary/aromatic N) is 1. The molecule has 0 radical (unpaired) electrons. The molecule has 0 fully saturated rings. The summed E-state index contributed by atoms with van der Waals surface area (Å²) < 4.78 is 5.22. The molecule has 4 rings (SSSR count). The fourth-order valence-electron chi connectivity index (χ4n) is 3.40. The van der Waals surface area contributed by atoms with Crippen LogP contribution in [-0.2, 0) is 12.8 Å². The number of methoxy groups -OCH3 is 1. The van der Waals surface area contributed by atoms with Gasteiger partial charge in [-0.05, 0) is 49.1 Å². The van der Waals surface area contributed by atoms with Crippen LogP contribution in [0.25, 0.3) is 22.5 Å². The monoisotopic (exact) mass is 318 g/mol. The van der Waals surface area contributed by atoms with Gasteiger partial charge in [-0.25, -0.2) is 4.79 Å². The van der Waals surface area contributed by atoms with Crippen LogP contribution in [0.1, 0.15) is 17.5 Å². The zero-order chi connectivity index (χ0) is 16.5. The average Bonchev–Trinajstić information content (AvgIpc) is 2.81. The van der Waals surface area contributed by atoms with E-state index in [9.17, 15) is 4.79 Å². The molecule has 4 nitrogen and oxygen atoms in total. The summed E-state index contributed by atoms with van der Waals surface area (Å²) in [6.45, 7) is 0. The first-order chi connectivity index (χ1) is 11.8. The molecule has 1 N–H and O–H groups in total. The molecular formula is C20H18N2O2. The summed E-state index contributed by atoms with van der Waals surface area (Å²) in [5.41, 5.74) is 5.82. The number of fused-ring (bicyclic) bond motifs is 3. The molecule has 24 heavy (non-hydrogen) atoms. The molecule has 3 aromatic rings. The Labute approximate surface area is 140 Å². The van der Waals surface area contributed by atoms with Crippen LogP contribution < -0.4 is 10.4 Å². The molecule has 0 spiro atoms. The largest absolute Gasteiger partial charge is 0.497 e. The topological polar surface area (TPSA) is 55.0 Å². The van der Waals surface area contributed by atoms with E-state index in [1.54, 1.807) is 7.11 Å². The maximum atomic E-state index is 12.2. The molecule has 0 atom stereocenters. The third-order valence-corrected chi connectivity index (χ3v) is 4.56. The molecule has 0 saturated carbocycles. The SMILES string of the molecule is COc1ccc(-c2nc(=O)[nH]c3c2CCCc2ccccc2-3)cc1. The highest BCUT2D eigenvalue weighted by molar-refractivity contribution is 5.75. The molecule has 0 saturated heterocycles. The molecule has 0 aliphatic heterocycles. The number of hydrogen-bond donors (Lipinski definition) is 1. The normalized spacial score (nSPS) is 12.9. The van der Waals surface area contributed by atoms with Crippen LogP contribution in [0.5, 0.6) is 5.75 Å². The number of rotatable bonds is 2. The van der Waals surface area contributed by atoms with Crippen molar-refractivity contribution in [2.75, 3.05) is 7.11 Å². The Kier molecular flexibility index (Phi) is 3.65. The number of aromatic amines is 1. The Balaban J connectivity index is 1.95. The molecular weight excluding hydrogens is 300 g/mol. The van der Waals surface area contributed by atoms with Crippen LogP contribution in [0.2, 0.25) is 0 Å². The molecule has 4 heteroatoms. The van der Waals surface area contributed by atoms with Crippen LogP contribution in [0.15, 0.2) is 53.3 Å². The van der Waals surface area contributed by atoms with Gasteiger partial charge in [0.15, 0.2) is 0 Å². The molecule has 2 aromatic carbocycles. The van der Waals surface area contributed by atoms with Crippen molar-refractivity contribution in [1.82, 2.24) is 9.97 Å². The summed E-state index contributed by atoms with van der Waals surface area (Å²) in [7, 11) is 1.64. The molecule has 0 amide bonds. The Morgan fingerprint density at radius 1 is 1.04 bits per heavy atom. The number of aryl methyl sites for hydroxylation is 1. The third kappa shape index (κ3) is 2.50. The zero-order valence-electron chi connectivity index (χ0n) is 13.5. The van der Waals surface area contributed by atoms with E-state index in [2.05, 4.69) is 22.1 Å². The number of nitrogens with one attached hydrogen (secondary N) is 1. The lowest BCUT2D eigenvalue weighted by molar-refractivity contribution is 0.415. The van der Waals surface area contributed by atoms with Gasteiger partial charge >= 0.3 is 5.69 Å². The zero-order valence-corrected chi connectivity index (χ0v) is 13.5. The minimum absolute atomic E-state index is 0.309. The van der Waals surface area contributed by atoms with Crippen molar-refractivity contribution in [2.24, 2.45) is 0 Å². The van der Waals surface area contributed by atoms with E-state index < -0.39 is 0 Å². The van der Waals surface area contributed by atoms with E-state index in [0.717, 1.165) is 53.1 Å². The molecule has 1 aliphatic carbocycles. The van der Waals surface area contributed by atoms with E-state index in [4.69, 9.17) is 4.74 Å². The molecule has 1 aliphatic rings. The Hall–Kier alpha value is -2.88. The van der Waals surface area contributed by atoms with Crippen LogP contribution in [0.3, 0.4) is 0 Å². The van der Waals surface area contributed by atoms with Gasteiger partial charge in [-0.1, -0.05) is 24.3 Å². The number of H-pyrrole nitrogens is 1. The molecule has 0 bridgehead atoms. The minimum Gasteiger partial charge on any atom is -0.497 e. The second-order valence-corrected chi connectivity index (χ2v) is 5.98. The molecule has 1 heterocycles. The first-order valence-corrected chi connectivity index (χ1v) is 8.12. The maximum Gasteiger partial charge on any atom is 0.345 e. The minimum atomic E-state index is -0.309. The number of ether oxygens (including phenoxy) is 1. The first kappa shape index (κ1) is 14.7. The van der Waals surface area contributed by atoms with E-state index in [1.807, 2.05) is 36.4 Å². The van der Waals surface area contributed by atoms with Crippen molar-refractivity contribution < 1.29 is 4.74 Å².